The van der Waals surface area contributed by atoms with E-state index in [9.17, 15) is 23.9 Å². The van der Waals surface area contributed by atoms with E-state index in [4.69, 9.17) is 14.6 Å². The van der Waals surface area contributed by atoms with Gasteiger partial charge in [-0.2, -0.15) is 0 Å². The first-order valence-electron chi connectivity index (χ1n) is 14.1. The van der Waals surface area contributed by atoms with Crippen LogP contribution in [0, 0.1) is 5.82 Å². The fourth-order valence-electron chi connectivity index (χ4n) is 5.65. The number of amides is 2. The van der Waals surface area contributed by atoms with E-state index >= 15 is 0 Å². The van der Waals surface area contributed by atoms with E-state index in [0.29, 0.717) is 56.2 Å². The number of hydrogen-bond acceptors (Lipinski definition) is 8. The Morgan fingerprint density at radius 3 is 2.45 bits per heavy atom. The molecule has 0 aliphatic carbocycles. The van der Waals surface area contributed by atoms with Gasteiger partial charge in [-0.15, -0.1) is 5.10 Å². The topological polar surface area (TPSA) is 122 Å². The van der Waals surface area contributed by atoms with Crippen molar-refractivity contribution in [3.05, 3.63) is 45.6 Å². The number of piperazine rings is 1. The van der Waals surface area contributed by atoms with Gasteiger partial charge in [0, 0.05) is 56.9 Å². The number of carbonyl (C=O) groups excluding carboxylic acids is 2. The molecule has 0 bridgehead atoms. The molecule has 5 rings (SSSR count). The molecular weight excluding hydrogens is 547 g/mol. The molecule has 0 radical (unpaired) electrons. The smallest absolute Gasteiger partial charge is 0.410 e. The summed E-state index contributed by atoms with van der Waals surface area (Å²) in [6.45, 7) is 11.6. The zero-order chi connectivity index (χ0) is 30.5. The Balaban J connectivity index is 1.66. The summed E-state index contributed by atoms with van der Waals surface area (Å²) in [6.07, 6.45) is -0.405. The number of benzene rings is 1. The molecule has 2 aromatic heterocycles. The minimum Gasteiger partial charge on any atom is -0.507 e. The van der Waals surface area contributed by atoms with Crippen LogP contribution in [0.1, 0.15) is 56.7 Å². The standard InChI is InChI=1S/C29H37FN6O6/c1-7-32-15-17(2)36-22-21(24(41-6)23(36)27(32)39)26(38)35(16-18-8-9-19(30)14-20(18)37)31-25(22)33-10-12-34(13-11-33)28(40)42-29(3,4)5/h8-9,14,17,37H,7,10-13,15-16H2,1-6H3/t17-/m0/s1. The molecule has 42 heavy (non-hydrogen) atoms. The van der Waals surface area contributed by atoms with Gasteiger partial charge in [0.25, 0.3) is 11.5 Å². The first-order chi connectivity index (χ1) is 19.8. The molecular formula is C29H37FN6O6. The molecule has 0 spiro atoms. The highest BCUT2D eigenvalue weighted by atomic mass is 19.1. The maximum atomic E-state index is 14.0. The molecule has 0 saturated carbocycles. The summed E-state index contributed by atoms with van der Waals surface area (Å²) in [7, 11) is 1.42. The third-order valence-electron chi connectivity index (χ3n) is 7.64. The van der Waals surface area contributed by atoms with Crippen LogP contribution in [0.5, 0.6) is 11.5 Å². The van der Waals surface area contributed by atoms with Crippen LogP contribution in [0.3, 0.4) is 0 Å². The van der Waals surface area contributed by atoms with Gasteiger partial charge < -0.3 is 33.8 Å². The zero-order valence-corrected chi connectivity index (χ0v) is 24.8. The van der Waals surface area contributed by atoms with Gasteiger partial charge in [-0.05, 0) is 40.7 Å². The van der Waals surface area contributed by atoms with Gasteiger partial charge in [0.05, 0.1) is 13.7 Å². The number of aromatic hydroxyl groups is 1. The molecule has 2 aliphatic rings. The summed E-state index contributed by atoms with van der Waals surface area (Å²) >= 11 is 0. The number of carbonyl (C=O) groups is 2. The van der Waals surface area contributed by atoms with Crippen molar-refractivity contribution >= 4 is 28.7 Å². The number of nitrogens with zero attached hydrogens (tertiary/aromatic N) is 6. The number of anilines is 1. The number of aromatic nitrogens is 3. The van der Waals surface area contributed by atoms with Crippen molar-refractivity contribution in [1.82, 2.24) is 24.1 Å². The van der Waals surface area contributed by atoms with Crippen molar-refractivity contribution in [1.29, 1.82) is 0 Å². The summed E-state index contributed by atoms with van der Waals surface area (Å²) in [4.78, 5) is 45.6. The number of hydrogen-bond donors (Lipinski definition) is 1. The van der Waals surface area contributed by atoms with E-state index < -0.39 is 23.1 Å². The quantitative estimate of drug-likeness (QED) is 0.485. The number of methoxy groups -OCH3 is 1. The molecule has 1 atom stereocenters. The second kappa shape index (κ2) is 10.8. The number of fused-ring (bicyclic) bond motifs is 3. The van der Waals surface area contributed by atoms with Crippen molar-refractivity contribution < 1.29 is 28.6 Å². The highest BCUT2D eigenvalue weighted by Gasteiger charge is 2.38. The lowest BCUT2D eigenvalue weighted by atomic mass is 10.2. The Labute approximate surface area is 242 Å². The SMILES string of the molecule is CCN1C[C@H](C)n2c(c(OC)c3c(=O)n(Cc4ccc(F)cc4O)nc(N4CCN(C(=O)OC(C)(C)C)CC4)c32)C1=O. The summed E-state index contributed by atoms with van der Waals surface area (Å²) in [6, 6.07) is 3.40. The molecule has 2 amide bonds. The molecule has 2 aliphatic heterocycles. The summed E-state index contributed by atoms with van der Waals surface area (Å²) in [5, 5.41) is 15.3. The molecule has 13 heteroatoms. The van der Waals surface area contributed by atoms with Crippen LogP contribution in [0.25, 0.3) is 10.9 Å². The van der Waals surface area contributed by atoms with Crippen LogP contribution in [0.2, 0.25) is 0 Å². The minimum atomic E-state index is -0.625. The van der Waals surface area contributed by atoms with Gasteiger partial charge in [0.2, 0.25) is 0 Å². The molecule has 1 fully saturated rings. The molecule has 1 N–H and O–H groups in total. The lowest BCUT2D eigenvalue weighted by Gasteiger charge is -2.37. The molecule has 0 unspecified atom stereocenters. The van der Waals surface area contributed by atoms with Crippen LogP contribution >= 0.6 is 0 Å². The third-order valence-corrected chi connectivity index (χ3v) is 7.64. The third kappa shape index (κ3) is 5.12. The van der Waals surface area contributed by atoms with Gasteiger partial charge >= 0.3 is 6.09 Å². The summed E-state index contributed by atoms with van der Waals surface area (Å²) in [5.74, 6) is -0.541. The number of halogens is 1. The van der Waals surface area contributed by atoms with E-state index in [-0.39, 0.29) is 41.1 Å². The van der Waals surface area contributed by atoms with Gasteiger partial charge in [-0.25, -0.2) is 13.9 Å². The zero-order valence-electron chi connectivity index (χ0n) is 24.8. The molecule has 3 aromatic rings. The molecule has 12 nitrogen and oxygen atoms in total. The van der Waals surface area contributed by atoms with Gasteiger partial charge in [0.1, 0.15) is 28.1 Å². The second-order valence-electron chi connectivity index (χ2n) is 11.7. The van der Waals surface area contributed by atoms with Crippen LogP contribution in [0.15, 0.2) is 23.0 Å². The molecule has 1 aromatic carbocycles. The van der Waals surface area contributed by atoms with Crippen molar-refractivity contribution in [2.24, 2.45) is 0 Å². The Kier molecular flexibility index (Phi) is 7.54. The van der Waals surface area contributed by atoms with Gasteiger partial charge in [-0.1, -0.05) is 6.07 Å². The fraction of sp³-hybridized carbons (Fsp3) is 0.517. The maximum Gasteiger partial charge on any atom is 0.410 e. The Bertz CT molecular complexity index is 1600. The van der Waals surface area contributed by atoms with Crippen molar-refractivity contribution in [3.8, 4) is 11.5 Å². The van der Waals surface area contributed by atoms with Crippen molar-refractivity contribution in [2.75, 3.05) is 51.3 Å². The molecule has 4 heterocycles. The Morgan fingerprint density at radius 1 is 1.17 bits per heavy atom. The Hall–Kier alpha value is -4.29. The van der Waals surface area contributed by atoms with Crippen LogP contribution in [-0.4, -0.2) is 93.2 Å². The van der Waals surface area contributed by atoms with E-state index in [0.717, 1.165) is 6.07 Å². The predicted octanol–water partition coefficient (Wildman–Crippen LogP) is 3.19. The van der Waals surface area contributed by atoms with E-state index in [2.05, 4.69) is 0 Å². The van der Waals surface area contributed by atoms with Crippen LogP contribution in [-0.2, 0) is 11.3 Å². The summed E-state index contributed by atoms with van der Waals surface area (Å²) in [5.41, 5.74) is -0.0704. The van der Waals surface area contributed by atoms with E-state index in [1.807, 2.05) is 44.1 Å². The number of ether oxygens (including phenoxy) is 2. The number of phenols is 1. The number of phenolic OH excluding ortho intramolecular Hbond substituents is 1. The largest absolute Gasteiger partial charge is 0.507 e. The Morgan fingerprint density at radius 2 is 1.86 bits per heavy atom. The monoisotopic (exact) mass is 584 g/mol. The average Bonchev–Trinajstić information content (AvgIpc) is 3.29. The summed E-state index contributed by atoms with van der Waals surface area (Å²) < 4.78 is 28.0. The maximum absolute atomic E-state index is 14.0. The lowest BCUT2D eigenvalue weighted by Crippen LogP contribution is -2.50. The lowest BCUT2D eigenvalue weighted by molar-refractivity contribution is 0.0240. The van der Waals surface area contributed by atoms with E-state index in [1.165, 1.54) is 23.9 Å². The van der Waals surface area contributed by atoms with Crippen molar-refractivity contribution in [2.45, 2.75) is 52.8 Å². The first-order valence-corrected chi connectivity index (χ1v) is 14.1. The van der Waals surface area contributed by atoms with Crippen LogP contribution < -0.4 is 15.2 Å². The highest BCUT2D eigenvalue weighted by molar-refractivity contribution is 6.07. The number of likely N-dealkylation sites (N-methyl/N-ethyl adjacent to an activating group) is 1. The molecule has 1 saturated heterocycles. The minimum absolute atomic E-state index is 0.139. The second-order valence-corrected chi connectivity index (χ2v) is 11.7. The van der Waals surface area contributed by atoms with Gasteiger partial charge in [-0.3, -0.25) is 9.59 Å². The predicted molar refractivity (Wildman–Crippen MR) is 154 cm³/mol. The number of rotatable bonds is 5. The van der Waals surface area contributed by atoms with Crippen molar-refractivity contribution in [3.63, 3.8) is 0 Å². The normalized spacial score (nSPS) is 17.5. The average molecular weight is 585 g/mol. The van der Waals surface area contributed by atoms with Crippen LogP contribution in [0.4, 0.5) is 15.0 Å². The first kappa shape index (κ1) is 29.2. The van der Waals surface area contributed by atoms with E-state index in [1.54, 1.807) is 9.80 Å². The fourth-order valence-corrected chi connectivity index (χ4v) is 5.65. The highest BCUT2D eigenvalue weighted by Crippen LogP contribution is 2.41. The van der Waals surface area contributed by atoms with Gasteiger partial charge in [0.15, 0.2) is 17.3 Å². The molecule has 226 valence electrons.